The molecule has 0 spiro atoms. The van der Waals surface area contributed by atoms with Crippen LogP contribution in [0.25, 0.3) is 0 Å². The van der Waals surface area contributed by atoms with Crippen LogP contribution < -0.4 is 0 Å². The number of nitrogens with zero attached hydrogens (tertiary/aromatic N) is 4. The van der Waals surface area contributed by atoms with Crippen molar-refractivity contribution in [3.8, 4) is 0 Å². The molecule has 2 aromatic heterocycles. The van der Waals surface area contributed by atoms with Crippen molar-refractivity contribution < 1.29 is 0 Å². The maximum Gasteiger partial charge on any atom is 0.138 e. The van der Waals surface area contributed by atoms with E-state index in [-0.39, 0.29) is 0 Å². The van der Waals surface area contributed by atoms with Crippen LogP contribution in [0, 0.1) is 0 Å². The molecule has 4 nitrogen and oxygen atoms in total. The summed E-state index contributed by atoms with van der Waals surface area (Å²) in [6.45, 7) is 0. The van der Waals surface area contributed by atoms with Crippen molar-refractivity contribution in [2.45, 2.75) is 51.0 Å². The van der Waals surface area contributed by atoms with Crippen LogP contribution in [0.4, 0.5) is 0 Å². The molecule has 1 aliphatic rings. The van der Waals surface area contributed by atoms with Gasteiger partial charge in [-0.3, -0.25) is 4.98 Å². The fourth-order valence-corrected chi connectivity index (χ4v) is 2.89. The number of hydrogen-bond donors (Lipinski definition) is 0. The lowest BCUT2D eigenvalue weighted by Crippen LogP contribution is -2.17. The van der Waals surface area contributed by atoms with Gasteiger partial charge in [-0.05, 0) is 30.9 Å². The molecule has 0 atom stereocenters. The summed E-state index contributed by atoms with van der Waals surface area (Å²) >= 11 is 0. The largest absolute Gasteiger partial charge is 0.264 e. The number of aryl methyl sites for hydroxylation is 2. The van der Waals surface area contributed by atoms with Crippen molar-refractivity contribution in [2.75, 3.05) is 0 Å². The Hall–Kier alpha value is -1.71. The summed E-state index contributed by atoms with van der Waals surface area (Å²) in [5, 5.41) is 4.44. The van der Waals surface area contributed by atoms with E-state index in [1.54, 1.807) is 6.33 Å². The van der Waals surface area contributed by atoms with E-state index in [9.17, 15) is 0 Å². The molecule has 1 fully saturated rings. The molecule has 0 amide bonds. The summed E-state index contributed by atoms with van der Waals surface area (Å²) in [6, 6.07) is 4.68. The predicted octanol–water partition coefficient (Wildman–Crippen LogP) is 2.96. The summed E-state index contributed by atoms with van der Waals surface area (Å²) in [6.07, 6.45) is 13.9. The van der Waals surface area contributed by atoms with Gasteiger partial charge in [0.2, 0.25) is 0 Å². The van der Waals surface area contributed by atoms with Crippen molar-refractivity contribution in [1.29, 1.82) is 0 Å². The fourth-order valence-electron chi connectivity index (χ4n) is 2.89. The second kappa shape index (κ2) is 5.95. The Bertz CT molecular complexity index is 500. The van der Waals surface area contributed by atoms with Gasteiger partial charge in [0.05, 0.1) is 6.04 Å². The average Bonchev–Trinajstić information content (AvgIpc) is 2.95. The molecule has 0 unspecified atom stereocenters. The summed E-state index contributed by atoms with van der Waals surface area (Å²) < 4.78 is 2.16. The van der Waals surface area contributed by atoms with Crippen LogP contribution in [-0.2, 0) is 12.8 Å². The zero-order valence-electron chi connectivity index (χ0n) is 11.2. The highest BCUT2D eigenvalue weighted by Gasteiger charge is 2.18. The van der Waals surface area contributed by atoms with Crippen molar-refractivity contribution >= 4 is 0 Å². The summed E-state index contributed by atoms with van der Waals surface area (Å²) in [4.78, 5) is 8.59. The maximum atomic E-state index is 4.44. The van der Waals surface area contributed by atoms with Crippen LogP contribution in [0.1, 0.15) is 49.5 Å². The van der Waals surface area contributed by atoms with Gasteiger partial charge in [-0.25, -0.2) is 9.67 Å². The first-order valence-corrected chi connectivity index (χ1v) is 7.21. The molecular weight excluding hydrogens is 236 g/mol. The first kappa shape index (κ1) is 12.3. The minimum Gasteiger partial charge on any atom is -0.264 e. The molecule has 2 heterocycles. The third-order valence-electron chi connectivity index (χ3n) is 3.93. The standard InChI is InChI=1S/C15H20N4/c1-2-6-14(7-3-1)19-15(17-12-18-19)9-8-13-5-4-10-16-11-13/h4-5,10-12,14H,1-3,6-9H2. The lowest BCUT2D eigenvalue weighted by Gasteiger charge is -2.23. The number of hydrogen-bond acceptors (Lipinski definition) is 3. The summed E-state index contributed by atoms with van der Waals surface area (Å²) in [5.41, 5.74) is 1.26. The maximum absolute atomic E-state index is 4.44. The Balaban J connectivity index is 1.66. The van der Waals surface area contributed by atoms with Crippen molar-refractivity contribution in [3.63, 3.8) is 0 Å². The minimum absolute atomic E-state index is 0.570. The molecule has 3 rings (SSSR count). The Labute approximate surface area is 113 Å². The van der Waals surface area contributed by atoms with Crippen molar-refractivity contribution in [2.24, 2.45) is 0 Å². The molecule has 0 bridgehead atoms. The highest BCUT2D eigenvalue weighted by atomic mass is 15.3. The Morgan fingerprint density at radius 1 is 1.16 bits per heavy atom. The highest BCUT2D eigenvalue weighted by molar-refractivity contribution is 5.10. The van der Waals surface area contributed by atoms with Gasteiger partial charge < -0.3 is 0 Å². The second-order valence-corrected chi connectivity index (χ2v) is 5.27. The lowest BCUT2D eigenvalue weighted by atomic mass is 9.95. The van der Waals surface area contributed by atoms with Gasteiger partial charge in [0.1, 0.15) is 12.2 Å². The fraction of sp³-hybridized carbons (Fsp3) is 0.533. The summed E-state index contributed by atoms with van der Waals surface area (Å²) in [7, 11) is 0. The molecule has 0 N–H and O–H groups in total. The Kier molecular flexibility index (Phi) is 3.86. The van der Waals surface area contributed by atoms with Gasteiger partial charge in [0, 0.05) is 18.8 Å². The smallest absolute Gasteiger partial charge is 0.138 e. The predicted molar refractivity (Wildman–Crippen MR) is 73.8 cm³/mol. The Morgan fingerprint density at radius 2 is 2.05 bits per heavy atom. The molecule has 1 aliphatic carbocycles. The van der Waals surface area contributed by atoms with Crippen LogP contribution >= 0.6 is 0 Å². The number of aromatic nitrogens is 4. The molecule has 1 saturated carbocycles. The van der Waals surface area contributed by atoms with Crippen molar-refractivity contribution in [1.82, 2.24) is 19.7 Å². The Morgan fingerprint density at radius 3 is 2.84 bits per heavy atom. The van der Waals surface area contributed by atoms with Crippen LogP contribution in [0.15, 0.2) is 30.9 Å². The van der Waals surface area contributed by atoms with Crippen LogP contribution in [0.2, 0.25) is 0 Å². The van der Waals surface area contributed by atoms with E-state index in [2.05, 4.69) is 25.8 Å². The molecule has 0 saturated heterocycles. The van der Waals surface area contributed by atoms with E-state index in [4.69, 9.17) is 0 Å². The molecular formula is C15H20N4. The first-order chi connectivity index (χ1) is 9.43. The molecule has 0 radical (unpaired) electrons. The molecule has 19 heavy (non-hydrogen) atoms. The summed E-state index contributed by atoms with van der Waals surface area (Å²) in [5.74, 6) is 1.12. The van der Waals surface area contributed by atoms with E-state index < -0.39 is 0 Å². The van der Waals surface area contributed by atoms with Crippen molar-refractivity contribution in [3.05, 3.63) is 42.2 Å². The first-order valence-electron chi connectivity index (χ1n) is 7.21. The van der Waals surface area contributed by atoms with Gasteiger partial charge in [-0.15, -0.1) is 0 Å². The van der Waals surface area contributed by atoms with E-state index in [0.29, 0.717) is 6.04 Å². The number of pyridine rings is 1. The normalized spacial score (nSPS) is 16.6. The van der Waals surface area contributed by atoms with Gasteiger partial charge in [0.25, 0.3) is 0 Å². The van der Waals surface area contributed by atoms with Gasteiger partial charge >= 0.3 is 0 Å². The molecule has 0 aliphatic heterocycles. The monoisotopic (exact) mass is 256 g/mol. The van der Waals surface area contributed by atoms with Gasteiger partial charge in [-0.1, -0.05) is 25.3 Å². The number of rotatable bonds is 4. The zero-order valence-corrected chi connectivity index (χ0v) is 11.2. The SMILES string of the molecule is c1cncc(CCc2ncnn2C2CCCCC2)c1. The van der Waals surface area contributed by atoms with Gasteiger partial charge in [-0.2, -0.15) is 5.10 Å². The minimum atomic E-state index is 0.570. The van der Waals surface area contributed by atoms with E-state index >= 15 is 0 Å². The average molecular weight is 256 g/mol. The molecule has 2 aromatic rings. The lowest BCUT2D eigenvalue weighted by molar-refractivity contribution is 0.320. The second-order valence-electron chi connectivity index (χ2n) is 5.27. The molecule has 4 heteroatoms. The van der Waals surface area contributed by atoms with E-state index in [1.807, 2.05) is 18.5 Å². The quantitative estimate of drug-likeness (QED) is 0.844. The third kappa shape index (κ3) is 3.00. The third-order valence-corrected chi connectivity index (χ3v) is 3.93. The highest BCUT2D eigenvalue weighted by Crippen LogP contribution is 2.28. The molecule has 0 aromatic carbocycles. The van der Waals surface area contributed by atoms with Gasteiger partial charge in [0.15, 0.2) is 0 Å². The van der Waals surface area contributed by atoms with E-state index in [0.717, 1.165) is 18.7 Å². The molecule has 100 valence electrons. The van der Waals surface area contributed by atoms with Crippen LogP contribution in [-0.4, -0.2) is 19.7 Å². The van der Waals surface area contributed by atoms with E-state index in [1.165, 1.54) is 37.7 Å². The van der Waals surface area contributed by atoms with Crippen LogP contribution in [0.3, 0.4) is 0 Å². The van der Waals surface area contributed by atoms with Crippen LogP contribution in [0.5, 0.6) is 0 Å². The zero-order chi connectivity index (χ0) is 12.9. The topological polar surface area (TPSA) is 43.6 Å².